The zero-order valence-corrected chi connectivity index (χ0v) is 10.4. The molecule has 92 valence electrons. The molecule has 1 N–H and O–H groups in total. The third kappa shape index (κ3) is 2.40. The van der Waals surface area contributed by atoms with Crippen LogP contribution in [0.15, 0.2) is 0 Å². The fourth-order valence-corrected chi connectivity index (χ4v) is 3.03. The molecule has 2 aliphatic rings. The summed E-state index contributed by atoms with van der Waals surface area (Å²) in [4.78, 5) is 11.5. The Hall–Kier alpha value is -0.570. The molecule has 3 nitrogen and oxygen atoms in total. The van der Waals surface area contributed by atoms with Gasteiger partial charge in [-0.25, -0.2) is 0 Å². The minimum Gasteiger partial charge on any atom is -0.381 e. The maximum Gasteiger partial charge on any atom is 0.220 e. The van der Waals surface area contributed by atoms with Gasteiger partial charge in [0.1, 0.15) is 0 Å². The molecule has 16 heavy (non-hydrogen) atoms. The number of amides is 1. The average molecular weight is 225 g/mol. The summed E-state index contributed by atoms with van der Waals surface area (Å²) < 4.78 is 5.39. The van der Waals surface area contributed by atoms with Crippen LogP contribution in [-0.2, 0) is 9.53 Å². The lowest BCUT2D eigenvalue weighted by molar-refractivity contribution is -0.120. The Kier molecular flexibility index (Phi) is 3.53. The molecule has 0 aliphatic carbocycles. The van der Waals surface area contributed by atoms with Crippen LogP contribution in [0.4, 0.5) is 0 Å². The first-order valence-electron chi connectivity index (χ1n) is 6.51. The number of carbonyl (C=O) groups excluding carboxylic acids is 1. The van der Waals surface area contributed by atoms with Crippen LogP contribution in [0.5, 0.6) is 0 Å². The van der Waals surface area contributed by atoms with Gasteiger partial charge in [-0.2, -0.15) is 0 Å². The van der Waals surface area contributed by atoms with Crippen molar-refractivity contribution in [2.24, 2.45) is 11.8 Å². The van der Waals surface area contributed by atoms with Crippen LogP contribution in [0.25, 0.3) is 0 Å². The molecule has 3 heteroatoms. The zero-order valence-electron chi connectivity index (χ0n) is 10.4. The molecule has 0 aromatic heterocycles. The molecule has 0 aromatic rings. The average Bonchev–Trinajstić information content (AvgIpc) is 2.63. The van der Waals surface area contributed by atoms with Gasteiger partial charge < -0.3 is 10.1 Å². The first kappa shape index (κ1) is 11.9. The second kappa shape index (κ2) is 4.74. The highest BCUT2D eigenvalue weighted by Crippen LogP contribution is 2.36. The first-order chi connectivity index (χ1) is 7.62. The maximum atomic E-state index is 11.5. The van der Waals surface area contributed by atoms with Gasteiger partial charge in [0.15, 0.2) is 0 Å². The van der Waals surface area contributed by atoms with Crippen LogP contribution < -0.4 is 5.32 Å². The Morgan fingerprint density at radius 1 is 1.44 bits per heavy atom. The number of hydrogen-bond acceptors (Lipinski definition) is 2. The van der Waals surface area contributed by atoms with Gasteiger partial charge in [-0.05, 0) is 37.5 Å². The van der Waals surface area contributed by atoms with Crippen molar-refractivity contribution in [3.8, 4) is 0 Å². The molecule has 0 spiro atoms. The molecule has 2 fully saturated rings. The molecule has 0 radical (unpaired) electrons. The monoisotopic (exact) mass is 225 g/mol. The summed E-state index contributed by atoms with van der Waals surface area (Å²) in [5.41, 5.74) is 0.0685. The van der Waals surface area contributed by atoms with E-state index in [9.17, 15) is 4.79 Å². The van der Waals surface area contributed by atoms with Crippen LogP contribution in [0.1, 0.15) is 46.0 Å². The molecule has 2 heterocycles. The second-order valence-electron chi connectivity index (χ2n) is 5.62. The van der Waals surface area contributed by atoms with Gasteiger partial charge in [-0.1, -0.05) is 13.8 Å². The van der Waals surface area contributed by atoms with E-state index in [-0.39, 0.29) is 11.4 Å². The maximum absolute atomic E-state index is 11.5. The van der Waals surface area contributed by atoms with Crippen LogP contribution >= 0.6 is 0 Å². The molecular weight excluding hydrogens is 202 g/mol. The molecule has 0 bridgehead atoms. The third-order valence-corrected chi connectivity index (χ3v) is 4.29. The van der Waals surface area contributed by atoms with E-state index >= 15 is 0 Å². The van der Waals surface area contributed by atoms with E-state index < -0.39 is 0 Å². The zero-order chi connectivity index (χ0) is 11.6. The SMILES string of the molecule is CC(C)C1(CC2CCOCC2)CCC(=O)N1. The Labute approximate surface area is 97.9 Å². The number of carbonyl (C=O) groups is 1. The molecule has 2 saturated heterocycles. The van der Waals surface area contributed by atoms with Gasteiger partial charge in [0.05, 0.1) is 0 Å². The van der Waals surface area contributed by atoms with Gasteiger partial charge in [0, 0.05) is 25.2 Å². The summed E-state index contributed by atoms with van der Waals surface area (Å²) in [6.45, 7) is 6.25. The van der Waals surface area contributed by atoms with Crippen LogP contribution in [-0.4, -0.2) is 24.7 Å². The van der Waals surface area contributed by atoms with E-state index in [1.165, 1.54) is 0 Å². The normalized spacial score (nSPS) is 32.1. The van der Waals surface area contributed by atoms with E-state index in [0.29, 0.717) is 12.3 Å². The van der Waals surface area contributed by atoms with Crippen LogP contribution in [0.2, 0.25) is 0 Å². The summed E-state index contributed by atoms with van der Waals surface area (Å²) in [5, 5.41) is 3.23. The standard InChI is InChI=1S/C13H23NO2/c1-10(2)13(6-3-12(15)14-13)9-11-4-7-16-8-5-11/h10-11H,3-9H2,1-2H3,(H,14,15). The fraction of sp³-hybridized carbons (Fsp3) is 0.923. The molecule has 0 saturated carbocycles. The van der Waals surface area contributed by atoms with Gasteiger partial charge in [0.2, 0.25) is 5.91 Å². The minimum absolute atomic E-state index is 0.0685. The van der Waals surface area contributed by atoms with Crippen molar-refractivity contribution in [2.45, 2.75) is 51.5 Å². The summed E-state index contributed by atoms with van der Waals surface area (Å²) >= 11 is 0. The lowest BCUT2D eigenvalue weighted by atomic mass is 9.76. The number of rotatable bonds is 3. The smallest absolute Gasteiger partial charge is 0.220 e. The number of nitrogens with one attached hydrogen (secondary N) is 1. The molecule has 1 unspecified atom stereocenters. The molecule has 2 rings (SSSR count). The number of hydrogen-bond donors (Lipinski definition) is 1. The Bertz CT molecular complexity index is 259. The van der Waals surface area contributed by atoms with Crippen LogP contribution in [0, 0.1) is 11.8 Å². The minimum atomic E-state index is 0.0685. The highest BCUT2D eigenvalue weighted by molar-refractivity contribution is 5.79. The van der Waals surface area contributed by atoms with Crippen molar-refractivity contribution in [1.29, 1.82) is 0 Å². The molecule has 1 atom stereocenters. The fourth-order valence-electron chi connectivity index (χ4n) is 3.03. The lowest BCUT2D eigenvalue weighted by Crippen LogP contribution is -2.48. The van der Waals surface area contributed by atoms with Gasteiger partial charge >= 0.3 is 0 Å². The molecule has 2 aliphatic heterocycles. The van der Waals surface area contributed by atoms with E-state index in [1.807, 2.05) is 0 Å². The van der Waals surface area contributed by atoms with E-state index in [4.69, 9.17) is 4.74 Å². The van der Waals surface area contributed by atoms with Crippen LogP contribution in [0.3, 0.4) is 0 Å². The van der Waals surface area contributed by atoms with E-state index in [1.54, 1.807) is 0 Å². The van der Waals surface area contributed by atoms with Gasteiger partial charge in [0.25, 0.3) is 0 Å². The van der Waals surface area contributed by atoms with E-state index in [0.717, 1.165) is 44.8 Å². The Balaban J connectivity index is 1.99. The quantitative estimate of drug-likeness (QED) is 0.799. The number of ether oxygens (including phenoxy) is 1. The Morgan fingerprint density at radius 2 is 2.12 bits per heavy atom. The summed E-state index contributed by atoms with van der Waals surface area (Å²) in [6.07, 6.45) is 5.18. The van der Waals surface area contributed by atoms with Crippen molar-refractivity contribution >= 4 is 5.91 Å². The van der Waals surface area contributed by atoms with Crippen molar-refractivity contribution in [3.63, 3.8) is 0 Å². The highest BCUT2D eigenvalue weighted by Gasteiger charge is 2.41. The second-order valence-corrected chi connectivity index (χ2v) is 5.62. The predicted octanol–water partition coefficient (Wildman–Crippen LogP) is 2.11. The first-order valence-corrected chi connectivity index (χ1v) is 6.51. The van der Waals surface area contributed by atoms with Gasteiger partial charge in [-0.3, -0.25) is 4.79 Å². The topological polar surface area (TPSA) is 38.3 Å². The Morgan fingerprint density at radius 3 is 2.62 bits per heavy atom. The lowest BCUT2D eigenvalue weighted by Gasteiger charge is -2.38. The predicted molar refractivity (Wildman–Crippen MR) is 63.1 cm³/mol. The molecule has 0 aromatic carbocycles. The van der Waals surface area contributed by atoms with Crippen molar-refractivity contribution in [2.75, 3.05) is 13.2 Å². The summed E-state index contributed by atoms with van der Waals surface area (Å²) in [5.74, 6) is 1.50. The van der Waals surface area contributed by atoms with Crippen molar-refractivity contribution < 1.29 is 9.53 Å². The molecular formula is C13H23NO2. The summed E-state index contributed by atoms with van der Waals surface area (Å²) in [7, 11) is 0. The van der Waals surface area contributed by atoms with E-state index in [2.05, 4.69) is 19.2 Å². The van der Waals surface area contributed by atoms with Gasteiger partial charge in [-0.15, -0.1) is 0 Å². The van der Waals surface area contributed by atoms with Crippen molar-refractivity contribution in [3.05, 3.63) is 0 Å². The highest BCUT2D eigenvalue weighted by atomic mass is 16.5. The summed E-state index contributed by atoms with van der Waals surface area (Å²) in [6, 6.07) is 0. The van der Waals surface area contributed by atoms with Crippen molar-refractivity contribution in [1.82, 2.24) is 5.32 Å². The molecule has 1 amide bonds. The largest absolute Gasteiger partial charge is 0.381 e. The third-order valence-electron chi connectivity index (χ3n) is 4.29.